The van der Waals surface area contributed by atoms with Gasteiger partial charge < -0.3 is 14.8 Å². The molecule has 0 aromatic carbocycles. The second kappa shape index (κ2) is 7.76. The highest BCUT2D eigenvalue weighted by atomic mass is 16.5. The van der Waals surface area contributed by atoms with E-state index in [1.54, 1.807) is 7.11 Å². The summed E-state index contributed by atoms with van der Waals surface area (Å²) in [6.45, 7) is 6.19. The summed E-state index contributed by atoms with van der Waals surface area (Å²) in [4.78, 5) is 11.0. The van der Waals surface area contributed by atoms with Gasteiger partial charge >= 0.3 is 5.97 Å². The molecule has 0 aliphatic heterocycles. The van der Waals surface area contributed by atoms with Crippen molar-refractivity contribution in [1.29, 1.82) is 0 Å². The van der Waals surface area contributed by atoms with Gasteiger partial charge in [0.2, 0.25) is 0 Å². The van der Waals surface area contributed by atoms with Gasteiger partial charge in [-0.1, -0.05) is 13.8 Å². The molecule has 0 bridgehead atoms. The van der Waals surface area contributed by atoms with Crippen molar-refractivity contribution in [1.82, 2.24) is 5.32 Å². The summed E-state index contributed by atoms with van der Waals surface area (Å²) >= 11 is 0. The van der Waals surface area contributed by atoms with Crippen LogP contribution in [0, 0.1) is 11.8 Å². The van der Waals surface area contributed by atoms with Gasteiger partial charge in [-0.15, -0.1) is 0 Å². The molecule has 0 aromatic rings. The standard InChI is InChI=1S/C10H21NO3/c1-8(7-13-3)5-11-6-9(2)10(12)14-4/h8-9,11H,5-7H2,1-4H3. The predicted octanol–water partition coefficient (Wildman–Crippen LogP) is 0.668. The highest BCUT2D eigenvalue weighted by molar-refractivity contribution is 5.71. The van der Waals surface area contributed by atoms with Gasteiger partial charge in [0.25, 0.3) is 0 Å². The summed E-state index contributed by atoms with van der Waals surface area (Å²) in [7, 11) is 3.10. The van der Waals surface area contributed by atoms with Gasteiger partial charge in [0.15, 0.2) is 0 Å². The van der Waals surface area contributed by atoms with Crippen molar-refractivity contribution in [2.75, 3.05) is 33.9 Å². The van der Waals surface area contributed by atoms with E-state index in [1.165, 1.54) is 7.11 Å². The van der Waals surface area contributed by atoms with Crippen LogP contribution in [0.2, 0.25) is 0 Å². The molecule has 14 heavy (non-hydrogen) atoms. The molecule has 4 heteroatoms. The van der Waals surface area contributed by atoms with Crippen LogP contribution >= 0.6 is 0 Å². The lowest BCUT2D eigenvalue weighted by Gasteiger charge is -2.13. The minimum atomic E-state index is -0.170. The highest BCUT2D eigenvalue weighted by Gasteiger charge is 2.12. The van der Waals surface area contributed by atoms with Crippen LogP contribution in [0.3, 0.4) is 0 Å². The molecule has 0 heterocycles. The first-order valence-electron chi connectivity index (χ1n) is 4.89. The normalized spacial score (nSPS) is 14.9. The van der Waals surface area contributed by atoms with Crippen molar-refractivity contribution in [2.45, 2.75) is 13.8 Å². The lowest BCUT2D eigenvalue weighted by molar-refractivity contribution is -0.144. The first-order chi connectivity index (χ1) is 6.61. The molecule has 2 atom stereocenters. The van der Waals surface area contributed by atoms with Gasteiger partial charge in [-0.3, -0.25) is 4.79 Å². The van der Waals surface area contributed by atoms with E-state index in [0.29, 0.717) is 12.5 Å². The zero-order valence-corrected chi connectivity index (χ0v) is 9.50. The van der Waals surface area contributed by atoms with Gasteiger partial charge in [-0.05, 0) is 12.5 Å². The van der Waals surface area contributed by atoms with E-state index in [2.05, 4.69) is 17.0 Å². The molecular weight excluding hydrogens is 182 g/mol. The maximum absolute atomic E-state index is 11.0. The van der Waals surface area contributed by atoms with Gasteiger partial charge in [0.1, 0.15) is 0 Å². The van der Waals surface area contributed by atoms with Gasteiger partial charge in [-0.25, -0.2) is 0 Å². The summed E-state index contributed by atoms with van der Waals surface area (Å²) in [6, 6.07) is 0. The number of hydrogen-bond donors (Lipinski definition) is 1. The average molecular weight is 203 g/mol. The maximum atomic E-state index is 11.0. The summed E-state index contributed by atoms with van der Waals surface area (Å²) in [6.07, 6.45) is 0. The Bertz CT molecular complexity index is 161. The molecule has 0 aliphatic rings. The largest absolute Gasteiger partial charge is 0.469 e. The Morgan fingerprint density at radius 1 is 1.29 bits per heavy atom. The lowest BCUT2D eigenvalue weighted by Crippen LogP contribution is -2.31. The average Bonchev–Trinajstić information content (AvgIpc) is 2.16. The summed E-state index contributed by atoms with van der Waals surface area (Å²) in [5, 5.41) is 3.20. The van der Waals surface area contributed by atoms with Crippen LogP contribution in [0.4, 0.5) is 0 Å². The van der Waals surface area contributed by atoms with E-state index in [-0.39, 0.29) is 11.9 Å². The fourth-order valence-corrected chi connectivity index (χ4v) is 1.17. The Morgan fingerprint density at radius 2 is 1.93 bits per heavy atom. The van der Waals surface area contributed by atoms with Gasteiger partial charge in [-0.2, -0.15) is 0 Å². The van der Waals surface area contributed by atoms with Crippen LogP contribution in [0.25, 0.3) is 0 Å². The molecule has 0 aliphatic carbocycles. The first-order valence-corrected chi connectivity index (χ1v) is 4.89. The first kappa shape index (κ1) is 13.4. The Morgan fingerprint density at radius 3 is 2.43 bits per heavy atom. The molecular formula is C10H21NO3. The zero-order chi connectivity index (χ0) is 11.0. The van der Waals surface area contributed by atoms with Crippen LogP contribution in [0.5, 0.6) is 0 Å². The summed E-state index contributed by atoms with van der Waals surface area (Å²) < 4.78 is 9.61. The lowest BCUT2D eigenvalue weighted by atomic mass is 10.1. The second-order valence-electron chi connectivity index (χ2n) is 3.64. The Balaban J connectivity index is 3.48. The molecule has 0 saturated carbocycles. The molecule has 0 radical (unpaired) electrons. The van der Waals surface area contributed by atoms with Gasteiger partial charge in [0.05, 0.1) is 13.0 Å². The van der Waals surface area contributed by atoms with Crippen molar-refractivity contribution in [3.05, 3.63) is 0 Å². The zero-order valence-electron chi connectivity index (χ0n) is 9.50. The third kappa shape index (κ3) is 5.94. The second-order valence-corrected chi connectivity index (χ2v) is 3.64. The molecule has 0 amide bonds. The molecule has 2 unspecified atom stereocenters. The van der Waals surface area contributed by atoms with Crippen molar-refractivity contribution >= 4 is 5.97 Å². The van der Waals surface area contributed by atoms with E-state index < -0.39 is 0 Å². The number of esters is 1. The van der Waals surface area contributed by atoms with Crippen LogP contribution in [0.1, 0.15) is 13.8 Å². The molecule has 0 saturated heterocycles. The third-order valence-electron chi connectivity index (χ3n) is 2.00. The number of ether oxygens (including phenoxy) is 2. The highest BCUT2D eigenvalue weighted by Crippen LogP contribution is 1.97. The monoisotopic (exact) mass is 203 g/mol. The molecule has 84 valence electrons. The fourth-order valence-electron chi connectivity index (χ4n) is 1.17. The summed E-state index contributed by atoms with van der Waals surface area (Å²) in [5.74, 6) is 0.205. The molecule has 0 aromatic heterocycles. The number of rotatable bonds is 7. The van der Waals surface area contributed by atoms with Crippen LogP contribution in [-0.2, 0) is 14.3 Å². The Kier molecular flexibility index (Phi) is 7.42. The number of hydrogen-bond acceptors (Lipinski definition) is 4. The predicted molar refractivity (Wildman–Crippen MR) is 55.1 cm³/mol. The van der Waals surface area contributed by atoms with E-state index in [4.69, 9.17) is 4.74 Å². The van der Waals surface area contributed by atoms with Crippen molar-refractivity contribution in [2.24, 2.45) is 11.8 Å². The van der Waals surface area contributed by atoms with Crippen LogP contribution in [0.15, 0.2) is 0 Å². The molecule has 1 N–H and O–H groups in total. The number of methoxy groups -OCH3 is 2. The van der Waals surface area contributed by atoms with Crippen molar-refractivity contribution in [3.8, 4) is 0 Å². The van der Waals surface area contributed by atoms with Crippen LogP contribution < -0.4 is 5.32 Å². The topological polar surface area (TPSA) is 47.6 Å². The quantitative estimate of drug-likeness (QED) is 0.618. The van der Waals surface area contributed by atoms with Gasteiger partial charge in [0, 0.05) is 20.3 Å². The molecule has 0 rings (SSSR count). The van der Waals surface area contributed by atoms with E-state index in [9.17, 15) is 4.79 Å². The molecule has 0 spiro atoms. The number of nitrogens with one attached hydrogen (secondary N) is 1. The van der Waals surface area contributed by atoms with E-state index >= 15 is 0 Å². The Labute approximate surface area is 86.0 Å². The smallest absolute Gasteiger partial charge is 0.309 e. The maximum Gasteiger partial charge on any atom is 0.309 e. The minimum absolute atomic E-state index is 0.0882. The van der Waals surface area contributed by atoms with Crippen molar-refractivity contribution in [3.63, 3.8) is 0 Å². The van der Waals surface area contributed by atoms with Crippen molar-refractivity contribution < 1.29 is 14.3 Å². The Hall–Kier alpha value is -0.610. The molecule has 4 nitrogen and oxygen atoms in total. The fraction of sp³-hybridized carbons (Fsp3) is 0.900. The van der Waals surface area contributed by atoms with E-state index in [1.807, 2.05) is 6.92 Å². The summed E-state index contributed by atoms with van der Waals surface area (Å²) in [5.41, 5.74) is 0. The molecule has 0 fully saturated rings. The number of carbonyl (C=O) groups is 1. The van der Waals surface area contributed by atoms with E-state index in [0.717, 1.165) is 13.2 Å². The third-order valence-corrected chi connectivity index (χ3v) is 2.00. The number of carbonyl (C=O) groups excluding carboxylic acids is 1. The minimum Gasteiger partial charge on any atom is -0.469 e. The van der Waals surface area contributed by atoms with Crippen LogP contribution in [-0.4, -0.2) is 39.9 Å². The SMILES string of the molecule is COCC(C)CNCC(C)C(=O)OC.